The number of hydrogen-bond acceptors (Lipinski definition) is 6. The summed E-state index contributed by atoms with van der Waals surface area (Å²) in [4.78, 5) is 34.4. The normalized spacial score (nSPS) is 15.7. The molecule has 4 aromatic rings. The van der Waals surface area contributed by atoms with Gasteiger partial charge in [0.05, 0.1) is 37.2 Å². The SMILES string of the molecule is COC(=O)c1c(NC(=O)[C@@H]2CCOC2)c2cc(NCC(C)(C)C)cnc2n1CCc1c[nH]c2ccccc12. The number of ether oxygens (including phenoxy) is 2. The fraction of sp³-hybridized carbons (Fsp3) is 0.414. The Labute approximate surface area is 221 Å². The Morgan fingerprint density at radius 1 is 1.24 bits per heavy atom. The van der Waals surface area contributed by atoms with Crippen LogP contribution in [0.3, 0.4) is 0 Å². The van der Waals surface area contributed by atoms with Crippen LogP contribution in [0.2, 0.25) is 0 Å². The number of aromatic amines is 1. The number of nitrogens with zero attached hydrogens (tertiary/aromatic N) is 2. The first-order chi connectivity index (χ1) is 18.2. The van der Waals surface area contributed by atoms with Crippen LogP contribution in [-0.4, -0.2) is 53.3 Å². The Bertz CT molecular complexity index is 1470. The quantitative estimate of drug-likeness (QED) is 0.284. The van der Waals surface area contributed by atoms with Gasteiger partial charge in [0.1, 0.15) is 5.65 Å². The fourth-order valence-corrected chi connectivity index (χ4v) is 4.88. The number of aryl methyl sites for hydroxylation is 2. The van der Waals surface area contributed by atoms with Gasteiger partial charge in [0, 0.05) is 42.2 Å². The molecule has 9 heteroatoms. The molecule has 1 aromatic carbocycles. The van der Waals surface area contributed by atoms with Gasteiger partial charge in [0.15, 0.2) is 5.69 Å². The molecule has 38 heavy (non-hydrogen) atoms. The molecule has 0 bridgehead atoms. The number of pyridine rings is 1. The lowest BCUT2D eigenvalue weighted by Crippen LogP contribution is -2.24. The topological polar surface area (TPSA) is 110 Å². The number of H-pyrrole nitrogens is 1. The molecule has 4 heterocycles. The van der Waals surface area contributed by atoms with Crippen LogP contribution in [0.1, 0.15) is 43.2 Å². The number of fused-ring (bicyclic) bond motifs is 2. The molecule has 1 atom stereocenters. The van der Waals surface area contributed by atoms with Crippen molar-refractivity contribution in [2.24, 2.45) is 11.3 Å². The lowest BCUT2D eigenvalue weighted by atomic mass is 9.97. The third-order valence-electron chi connectivity index (χ3n) is 6.93. The molecule has 9 nitrogen and oxygen atoms in total. The van der Waals surface area contributed by atoms with Crippen molar-refractivity contribution in [3.63, 3.8) is 0 Å². The van der Waals surface area contributed by atoms with E-state index in [1.54, 1.807) is 6.20 Å². The number of carbonyl (C=O) groups is 2. The highest BCUT2D eigenvalue weighted by molar-refractivity contribution is 6.11. The number of rotatable bonds is 8. The molecule has 0 spiro atoms. The van der Waals surface area contributed by atoms with Gasteiger partial charge in [-0.2, -0.15) is 0 Å². The highest BCUT2D eigenvalue weighted by Gasteiger charge is 2.30. The first kappa shape index (κ1) is 25.8. The Morgan fingerprint density at radius 2 is 2.05 bits per heavy atom. The molecule has 200 valence electrons. The van der Waals surface area contributed by atoms with Crippen molar-refractivity contribution in [2.45, 2.75) is 40.2 Å². The number of methoxy groups -OCH3 is 1. The second-order valence-corrected chi connectivity index (χ2v) is 11.0. The number of hydrogen-bond donors (Lipinski definition) is 3. The maximum Gasteiger partial charge on any atom is 0.356 e. The monoisotopic (exact) mass is 517 g/mol. The van der Waals surface area contributed by atoms with E-state index < -0.39 is 5.97 Å². The van der Waals surface area contributed by atoms with Gasteiger partial charge in [-0.3, -0.25) is 4.79 Å². The number of carbonyl (C=O) groups excluding carboxylic acids is 2. The van der Waals surface area contributed by atoms with Gasteiger partial charge in [-0.05, 0) is 36.0 Å². The zero-order valence-electron chi connectivity index (χ0n) is 22.4. The molecule has 1 aliphatic heterocycles. The molecule has 3 aromatic heterocycles. The van der Waals surface area contributed by atoms with Crippen molar-refractivity contribution in [3.05, 3.63) is 54.0 Å². The van der Waals surface area contributed by atoms with E-state index in [4.69, 9.17) is 14.5 Å². The number of nitrogens with one attached hydrogen (secondary N) is 3. The van der Waals surface area contributed by atoms with E-state index in [1.165, 1.54) is 7.11 Å². The smallest absolute Gasteiger partial charge is 0.356 e. The maximum atomic E-state index is 13.2. The van der Waals surface area contributed by atoms with Crippen LogP contribution in [0.25, 0.3) is 21.9 Å². The summed E-state index contributed by atoms with van der Waals surface area (Å²) in [5.74, 6) is -0.958. The van der Waals surface area contributed by atoms with E-state index in [0.717, 1.165) is 28.7 Å². The summed E-state index contributed by atoms with van der Waals surface area (Å²) in [5, 5.41) is 8.30. The predicted molar refractivity (Wildman–Crippen MR) is 149 cm³/mol. The van der Waals surface area contributed by atoms with Gasteiger partial charge in [-0.15, -0.1) is 0 Å². The lowest BCUT2D eigenvalue weighted by molar-refractivity contribution is -0.119. The summed E-state index contributed by atoms with van der Waals surface area (Å²) >= 11 is 0. The lowest BCUT2D eigenvalue weighted by Gasteiger charge is -2.19. The molecule has 1 amide bonds. The molecule has 0 radical (unpaired) electrons. The molecule has 0 saturated carbocycles. The van der Waals surface area contributed by atoms with Gasteiger partial charge < -0.3 is 29.7 Å². The minimum atomic E-state index is -0.524. The maximum absolute atomic E-state index is 13.2. The Kier molecular flexibility index (Phi) is 7.12. The van der Waals surface area contributed by atoms with E-state index >= 15 is 0 Å². The van der Waals surface area contributed by atoms with E-state index in [9.17, 15) is 9.59 Å². The molecule has 3 N–H and O–H groups in total. The van der Waals surface area contributed by atoms with Gasteiger partial charge >= 0.3 is 5.97 Å². The van der Waals surface area contributed by atoms with Gasteiger partial charge in [-0.1, -0.05) is 39.0 Å². The van der Waals surface area contributed by atoms with E-state index in [1.807, 2.05) is 35.0 Å². The average molecular weight is 518 g/mol. The fourth-order valence-electron chi connectivity index (χ4n) is 4.88. The van der Waals surface area contributed by atoms with Crippen molar-refractivity contribution < 1.29 is 19.1 Å². The molecule has 0 unspecified atom stereocenters. The second-order valence-electron chi connectivity index (χ2n) is 11.0. The first-order valence-electron chi connectivity index (χ1n) is 13.0. The second kappa shape index (κ2) is 10.5. The Morgan fingerprint density at radius 3 is 2.79 bits per heavy atom. The van der Waals surface area contributed by atoms with Gasteiger partial charge in [0.25, 0.3) is 0 Å². The standard InChI is InChI=1S/C29H35N5O4/c1-29(2,3)17-32-20-13-22-24(33-27(35)19-10-12-38-16-19)25(28(36)37-4)34(26(22)31-15-20)11-9-18-14-30-23-8-6-5-7-21(18)23/h5-8,13-15,19,30,32H,9-12,16-17H2,1-4H3,(H,33,35)/t19-/m1/s1. The Hall–Kier alpha value is -3.85. The van der Waals surface area contributed by atoms with Crippen LogP contribution in [0.5, 0.6) is 0 Å². The zero-order chi connectivity index (χ0) is 26.9. The molecular formula is C29H35N5O4. The van der Waals surface area contributed by atoms with Crippen molar-refractivity contribution in [3.8, 4) is 0 Å². The van der Waals surface area contributed by atoms with Crippen LogP contribution >= 0.6 is 0 Å². The molecule has 0 aliphatic carbocycles. The number of aromatic nitrogens is 3. The third kappa shape index (κ3) is 5.24. The zero-order valence-corrected chi connectivity index (χ0v) is 22.4. The van der Waals surface area contributed by atoms with Crippen molar-refractivity contribution in [2.75, 3.05) is 37.5 Å². The Balaban J connectivity index is 1.57. The van der Waals surface area contributed by atoms with Crippen molar-refractivity contribution in [1.29, 1.82) is 0 Å². The number of esters is 1. The summed E-state index contributed by atoms with van der Waals surface area (Å²) in [6.45, 7) is 8.60. The van der Waals surface area contributed by atoms with Crippen molar-refractivity contribution >= 4 is 45.2 Å². The number of anilines is 2. The molecule has 1 saturated heterocycles. The summed E-state index contributed by atoms with van der Waals surface area (Å²) in [7, 11) is 1.35. The first-order valence-corrected chi connectivity index (χ1v) is 13.0. The number of amides is 1. The van der Waals surface area contributed by atoms with Gasteiger partial charge in [-0.25, -0.2) is 9.78 Å². The van der Waals surface area contributed by atoms with Crippen LogP contribution in [0, 0.1) is 11.3 Å². The average Bonchev–Trinajstić information content (AvgIpc) is 3.64. The van der Waals surface area contributed by atoms with E-state index in [2.05, 4.69) is 42.5 Å². The van der Waals surface area contributed by atoms with E-state index in [-0.39, 0.29) is 22.9 Å². The molecule has 5 rings (SSSR count). The van der Waals surface area contributed by atoms with Crippen LogP contribution in [-0.2, 0) is 27.2 Å². The largest absolute Gasteiger partial charge is 0.464 e. The molecule has 1 fully saturated rings. The van der Waals surface area contributed by atoms with Crippen molar-refractivity contribution in [1.82, 2.24) is 14.5 Å². The summed E-state index contributed by atoms with van der Waals surface area (Å²) in [5.41, 5.74) is 4.41. The highest BCUT2D eigenvalue weighted by Crippen LogP contribution is 2.34. The van der Waals surface area contributed by atoms with Crippen LogP contribution < -0.4 is 10.6 Å². The predicted octanol–water partition coefficient (Wildman–Crippen LogP) is 4.98. The van der Waals surface area contributed by atoms with Gasteiger partial charge in [0.2, 0.25) is 5.91 Å². The third-order valence-corrected chi connectivity index (χ3v) is 6.93. The summed E-state index contributed by atoms with van der Waals surface area (Å²) < 4.78 is 12.5. The minimum absolute atomic E-state index is 0.0664. The molecular weight excluding hydrogens is 482 g/mol. The van der Waals surface area contributed by atoms with Crippen LogP contribution in [0.4, 0.5) is 11.4 Å². The minimum Gasteiger partial charge on any atom is -0.464 e. The number of benzene rings is 1. The summed E-state index contributed by atoms with van der Waals surface area (Å²) in [6, 6.07) is 10.1. The van der Waals surface area contributed by atoms with Crippen LogP contribution in [0.15, 0.2) is 42.7 Å². The summed E-state index contributed by atoms with van der Waals surface area (Å²) in [6.07, 6.45) is 5.08. The molecule has 1 aliphatic rings. The number of para-hydroxylation sites is 1. The van der Waals surface area contributed by atoms with E-state index in [0.29, 0.717) is 49.3 Å². The highest BCUT2D eigenvalue weighted by atomic mass is 16.5.